The highest BCUT2D eigenvalue weighted by Crippen LogP contribution is 2.36. The Kier molecular flexibility index (Phi) is 8.94. The molecule has 2 aliphatic heterocycles. The molecule has 0 spiro atoms. The van der Waals surface area contributed by atoms with E-state index in [-0.39, 0.29) is 5.02 Å². The van der Waals surface area contributed by atoms with Crippen LogP contribution < -0.4 is 25.4 Å². The normalized spacial score (nSPS) is 17.4. The Morgan fingerprint density at radius 1 is 1.00 bits per heavy atom. The highest BCUT2D eigenvalue weighted by Gasteiger charge is 2.27. The molecule has 12 heteroatoms. The number of para-hydroxylation sites is 2. The zero-order chi connectivity index (χ0) is 28.1. The Morgan fingerprint density at radius 2 is 1.73 bits per heavy atom. The van der Waals surface area contributed by atoms with Crippen molar-refractivity contribution in [1.82, 2.24) is 20.2 Å². The van der Waals surface area contributed by atoms with Gasteiger partial charge in [0.25, 0.3) is 0 Å². The summed E-state index contributed by atoms with van der Waals surface area (Å²) in [6.45, 7) is 4.52. The Labute approximate surface area is 240 Å². The quantitative estimate of drug-likeness (QED) is 0.277. The molecule has 0 radical (unpaired) electrons. The van der Waals surface area contributed by atoms with Gasteiger partial charge in [-0.3, -0.25) is 4.72 Å². The van der Waals surface area contributed by atoms with Crippen LogP contribution in [-0.4, -0.2) is 68.9 Å². The Balaban J connectivity index is 1.28. The van der Waals surface area contributed by atoms with E-state index in [9.17, 15) is 8.42 Å². The molecule has 40 heavy (non-hydrogen) atoms. The molecule has 214 valence electrons. The summed E-state index contributed by atoms with van der Waals surface area (Å²) in [5.41, 5.74) is 2.91. The predicted octanol–water partition coefficient (Wildman–Crippen LogP) is 4.93. The zero-order valence-corrected chi connectivity index (χ0v) is 24.4. The molecule has 0 aliphatic carbocycles. The second-order valence-corrected chi connectivity index (χ2v) is 12.5. The van der Waals surface area contributed by atoms with E-state index in [1.165, 1.54) is 24.6 Å². The third kappa shape index (κ3) is 7.14. The summed E-state index contributed by atoms with van der Waals surface area (Å²) in [5.74, 6) is 1.87. The van der Waals surface area contributed by atoms with Crippen molar-refractivity contribution >= 4 is 50.5 Å². The lowest BCUT2D eigenvalue weighted by Gasteiger charge is -2.39. The molecule has 0 atom stereocenters. The fraction of sp³-hybridized carbons (Fsp3) is 0.429. The molecule has 2 fully saturated rings. The summed E-state index contributed by atoms with van der Waals surface area (Å²) in [6.07, 6.45) is 7.36. The van der Waals surface area contributed by atoms with Crippen LogP contribution in [-0.2, 0) is 10.0 Å². The first kappa shape index (κ1) is 28.4. The molecule has 0 saturated carbocycles. The number of halogens is 1. The molecule has 0 amide bonds. The minimum Gasteiger partial charge on any atom is -0.495 e. The van der Waals surface area contributed by atoms with Gasteiger partial charge in [0.05, 0.1) is 36.6 Å². The summed E-state index contributed by atoms with van der Waals surface area (Å²) >= 11 is 6.37. The number of aromatic nitrogens is 2. The van der Waals surface area contributed by atoms with Crippen molar-refractivity contribution < 1.29 is 13.2 Å². The summed E-state index contributed by atoms with van der Waals surface area (Å²) in [7, 11) is -1.81. The number of sulfonamides is 1. The molecule has 2 saturated heterocycles. The number of hydrogen-bond donors (Lipinski definition) is 4. The number of ether oxygens (including phenoxy) is 1. The van der Waals surface area contributed by atoms with Gasteiger partial charge in [0.1, 0.15) is 10.8 Å². The first-order chi connectivity index (χ1) is 19.3. The lowest BCUT2D eigenvalue weighted by Crippen LogP contribution is -2.46. The molecular weight excluding hydrogens is 550 g/mol. The minimum atomic E-state index is -3.47. The van der Waals surface area contributed by atoms with Gasteiger partial charge in [-0.2, -0.15) is 4.98 Å². The monoisotopic (exact) mass is 585 g/mol. The second-order valence-electron chi connectivity index (χ2n) is 10.3. The highest BCUT2D eigenvalue weighted by atomic mass is 35.5. The first-order valence-electron chi connectivity index (χ1n) is 13.5. The number of hydrogen-bond acceptors (Lipinski definition) is 9. The molecule has 1 aromatic heterocycles. The van der Waals surface area contributed by atoms with Crippen LogP contribution in [0.1, 0.15) is 37.2 Å². The number of nitrogens with zero attached hydrogens (tertiary/aromatic N) is 3. The van der Waals surface area contributed by atoms with Crippen molar-refractivity contribution in [3.05, 3.63) is 59.2 Å². The molecule has 0 bridgehead atoms. The van der Waals surface area contributed by atoms with Crippen LogP contribution in [0.3, 0.4) is 0 Å². The minimum absolute atomic E-state index is 0.290. The van der Waals surface area contributed by atoms with E-state index >= 15 is 0 Å². The lowest BCUT2D eigenvalue weighted by molar-refractivity contribution is 0.127. The van der Waals surface area contributed by atoms with Gasteiger partial charge in [-0.15, -0.1) is 0 Å². The zero-order valence-electron chi connectivity index (χ0n) is 22.8. The van der Waals surface area contributed by atoms with Crippen LogP contribution >= 0.6 is 11.6 Å². The van der Waals surface area contributed by atoms with Gasteiger partial charge in [0.15, 0.2) is 5.82 Å². The fourth-order valence-corrected chi connectivity index (χ4v) is 6.19. The van der Waals surface area contributed by atoms with Crippen LogP contribution in [0.2, 0.25) is 5.02 Å². The van der Waals surface area contributed by atoms with E-state index in [1.54, 1.807) is 31.4 Å². The largest absolute Gasteiger partial charge is 0.495 e. The van der Waals surface area contributed by atoms with E-state index in [0.717, 1.165) is 51.0 Å². The molecule has 2 aliphatic rings. The van der Waals surface area contributed by atoms with Crippen molar-refractivity contribution in [2.45, 2.75) is 37.6 Å². The van der Waals surface area contributed by atoms with Crippen LogP contribution in [0.25, 0.3) is 0 Å². The lowest BCUT2D eigenvalue weighted by atomic mass is 9.88. The second kappa shape index (κ2) is 12.6. The first-order valence-corrected chi connectivity index (χ1v) is 15.8. The van der Waals surface area contributed by atoms with Crippen molar-refractivity contribution in [2.75, 3.05) is 54.9 Å². The molecule has 3 heterocycles. The molecule has 10 nitrogen and oxygen atoms in total. The molecule has 3 aromatic rings. The topological polar surface area (TPSA) is 121 Å². The standard InChI is InChI=1S/C28H36ClN7O3S/c1-39-26-17-20(19-11-15-36(16-12-19)21-9-13-30-14-10-21)7-8-25(26)33-28-31-18-22(29)27(34-28)32-23-5-3-4-6-24(23)35-40(2,37)38/h3-8,17-19,21,30,35H,9-16H2,1-2H3,(H2,31,32,33,34). The van der Waals surface area contributed by atoms with E-state index in [2.05, 4.69) is 47.7 Å². The maximum Gasteiger partial charge on any atom is 0.229 e. The van der Waals surface area contributed by atoms with Crippen LogP contribution in [0.4, 0.5) is 28.8 Å². The van der Waals surface area contributed by atoms with E-state index in [1.807, 2.05) is 6.07 Å². The van der Waals surface area contributed by atoms with E-state index in [0.29, 0.717) is 40.9 Å². The predicted molar refractivity (Wildman–Crippen MR) is 161 cm³/mol. The number of methoxy groups -OCH3 is 1. The van der Waals surface area contributed by atoms with Crippen molar-refractivity contribution in [3.63, 3.8) is 0 Å². The molecule has 2 aromatic carbocycles. The summed E-state index contributed by atoms with van der Waals surface area (Å²) in [6, 6.07) is 13.9. The van der Waals surface area contributed by atoms with Gasteiger partial charge in [-0.25, -0.2) is 13.4 Å². The maximum atomic E-state index is 11.8. The van der Waals surface area contributed by atoms with Gasteiger partial charge in [0, 0.05) is 6.04 Å². The summed E-state index contributed by atoms with van der Waals surface area (Å²) < 4.78 is 31.8. The number of anilines is 5. The van der Waals surface area contributed by atoms with Crippen LogP contribution in [0.15, 0.2) is 48.7 Å². The smallest absolute Gasteiger partial charge is 0.229 e. The van der Waals surface area contributed by atoms with Crippen molar-refractivity contribution in [3.8, 4) is 5.75 Å². The van der Waals surface area contributed by atoms with Gasteiger partial charge < -0.3 is 25.6 Å². The Bertz CT molecular complexity index is 1430. The summed E-state index contributed by atoms with van der Waals surface area (Å²) in [5, 5.41) is 10.1. The van der Waals surface area contributed by atoms with Crippen molar-refractivity contribution in [1.29, 1.82) is 0 Å². The van der Waals surface area contributed by atoms with E-state index < -0.39 is 10.0 Å². The van der Waals surface area contributed by atoms with Gasteiger partial charge in [-0.05, 0) is 87.6 Å². The van der Waals surface area contributed by atoms with Crippen LogP contribution in [0, 0.1) is 0 Å². The number of rotatable bonds is 9. The maximum absolute atomic E-state index is 11.8. The number of nitrogens with one attached hydrogen (secondary N) is 4. The molecular formula is C28H36ClN7O3S. The Hall–Kier alpha value is -3.12. The average Bonchev–Trinajstić information content (AvgIpc) is 2.96. The third-order valence-electron chi connectivity index (χ3n) is 7.52. The molecule has 5 rings (SSSR count). The van der Waals surface area contributed by atoms with Gasteiger partial charge in [-0.1, -0.05) is 29.8 Å². The number of likely N-dealkylation sites (tertiary alicyclic amines) is 1. The Morgan fingerprint density at radius 3 is 2.42 bits per heavy atom. The molecule has 4 N–H and O–H groups in total. The average molecular weight is 586 g/mol. The van der Waals surface area contributed by atoms with E-state index in [4.69, 9.17) is 16.3 Å². The van der Waals surface area contributed by atoms with Gasteiger partial charge >= 0.3 is 0 Å². The van der Waals surface area contributed by atoms with Gasteiger partial charge in [0.2, 0.25) is 16.0 Å². The fourth-order valence-electron chi connectivity index (χ4n) is 5.48. The number of piperidine rings is 2. The molecule has 0 unspecified atom stereocenters. The highest BCUT2D eigenvalue weighted by molar-refractivity contribution is 7.92. The van der Waals surface area contributed by atoms with Crippen molar-refractivity contribution in [2.24, 2.45) is 0 Å². The summed E-state index contributed by atoms with van der Waals surface area (Å²) in [4.78, 5) is 11.5. The number of benzene rings is 2. The SMILES string of the molecule is COc1cc(C2CCN(C3CCNCC3)CC2)ccc1Nc1ncc(Cl)c(Nc2ccccc2NS(C)(=O)=O)n1. The third-order valence-corrected chi connectivity index (χ3v) is 8.38. The van der Waals surface area contributed by atoms with Crippen LogP contribution in [0.5, 0.6) is 5.75 Å².